The predicted molar refractivity (Wildman–Crippen MR) is 188 cm³/mol. The van der Waals surface area contributed by atoms with Crippen molar-refractivity contribution in [3.05, 3.63) is 151 Å². The first-order valence-electron chi connectivity index (χ1n) is 15.6. The van der Waals surface area contributed by atoms with Gasteiger partial charge in [-0.05, 0) is 74.8 Å². The van der Waals surface area contributed by atoms with Crippen molar-refractivity contribution in [3.63, 3.8) is 0 Å². The van der Waals surface area contributed by atoms with E-state index >= 15 is 0 Å². The molecule has 7 aromatic carbocycles. The Kier molecular flexibility index (Phi) is 5.11. The third-order valence-electron chi connectivity index (χ3n) is 9.66. The summed E-state index contributed by atoms with van der Waals surface area (Å²) in [5.74, 6) is 0.745. The maximum atomic E-state index is 5.22. The SMILES string of the molecule is C1=Cc2c3c4c(cc5ccccc5c4c4cc(-c5nc(-c6ccccc6)c6ccccc6n5)ccc24)N(c2ccccc2)C3C1. The van der Waals surface area contributed by atoms with Crippen LogP contribution in [-0.2, 0) is 0 Å². The summed E-state index contributed by atoms with van der Waals surface area (Å²) in [6.07, 6.45) is 5.69. The van der Waals surface area contributed by atoms with Gasteiger partial charge in [-0.1, -0.05) is 115 Å². The fraction of sp³-hybridized carbons (Fsp3) is 0.0476. The second-order valence-corrected chi connectivity index (χ2v) is 12.1. The summed E-state index contributed by atoms with van der Waals surface area (Å²) >= 11 is 0. The number of nitrogens with zero attached hydrogens (tertiary/aromatic N) is 3. The van der Waals surface area contributed by atoms with Gasteiger partial charge in [-0.15, -0.1) is 0 Å². The molecule has 2 aliphatic rings. The van der Waals surface area contributed by atoms with Crippen LogP contribution in [0.15, 0.2) is 140 Å². The van der Waals surface area contributed by atoms with E-state index in [0.717, 1.165) is 40.0 Å². The molecule has 1 atom stereocenters. The zero-order valence-electron chi connectivity index (χ0n) is 24.5. The minimum absolute atomic E-state index is 0.267. The Morgan fingerprint density at radius 2 is 1.33 bits per heavy atom. The molecule has 0 saturated heterocycles. The number of hydrogen-bond acceptors (Lipinski definition) is 3. The molecule has 2 heterocycles. The van der Waals surface area contributed by atoms with Gasteiger partial charge in [0.1, 0.15) is 0 Å². The van der Waals surface area contributed by atoms with Gasteiger partial charge in [-0.25, -0.2) is 9.97 Å². The van der Waals surface area contributed by atoms with E-state index < -0.39 is 0 Å². The van der Waals surface area contributed by atoms with Gasteiger partial charge in [0.05, 0.1) is 22.9 Å². The number of hydrogen-bond donors (Lipinski definition) is 0. The van der Waals surface area contributed by atoms with E-state index in [4.69, 9.17) is 9.97 Å². The van der Waals surface area contributed by atoms with Crippen molar-refractivity contribution < 1.29 is 0 Å². The van der Waals surface area contributed by atoms with Crippen LogP contribution in [0, 0.1) is 0 Å². The van der Waals surface area contributed by atoms with Crippen molar-refractivity contribution in [1.82, 2.24) is 9.97 Å². The summed E-state index contributed by atoms with van der Waals surface area (Å²) in [5, 5.41) is 8.83. The van der Waals surface area contributed by atoms with Gasteiger partial charge in [0, 0.05) is 27.6 Å². The Morgan fingerprint density at radius 1 is 0.578 bits per heavy atom. The van der Waals surface area contributed by atoms with Crippen LogP contribution in [0.25, 0.3) is 71.9 Å². The molecule has 0 spiro atoms. The van der Waals surface area contributed by atoms with E-state index in [1.54, 1.807) is 0 Å². The van der Waals surface area contributed by atoms with Crippen molar-refractivity contribution >= 4 is 60.7 Å². The summed E-state index contributed by atoms with van der Waals surface area (Å²) in [6, 6.07) is 48.0. The highest BCUT2D eigenvalue weighted by atomic mass is 15.2. The zero-order valence-corrected chi connectivity index (χ0v) is 24.5. The minimum Gasteiger partial charge on any atom is -0.333 e. The van der Waals surface area contributed by atoms with Crippen LogP contribution in [0.5, 0.6) is 0 Å². The number of para-hydroxylation sites is 2. The van der Waals surface area contributed by atoms with Crippen molar-refractivity contribution in [2.75, 3.05) is 4.90 Å². The monoisotopic (exact) mass is 573 g/mol. The Labute approximate surface area is 260 Å². The number of rotatable bonds is 3. The van der Waals surface area contributed by atoms with Gasteiger partial charge in [0.25, 0.3) is 0 Å². The van der Waals surface area contributed by atoms with Crippen LogP contribution in [0.3, 0.4) is 0 Å². The van der Waals surface area contributed by atoms with E-state index in [1.807, 2.05) is 6.07 Å². The van der Waals surface area contributed by atoms with E-state index in [-0.39, 0.29) is 6.04 Å². The number of aromatic nitrogens is 2. The molecule has 0 radical (unpaired) electrons. The van der Waals surface area contributed by atoms with Crippen LogP contribution >= 0.6 is 0 Å². The van der Waals surface area contributed by atoms with Gasteiger partial charge >= 0.3 is 0 Å². The first-order valence-corrected chi connectivity index (χ1v) is 15.6. The van der Waals surface area contributed by atoms with Crippen LogP contribution < -0.4 is 4.90 Å². The van der Waals surface area contributed by atoms with Crippen LogP contribution in [0.1, 0.15) is 23.6 Å². The predicted octanol–water partition coefficient (Wildman–Crippen LogP) is 11.0. The topological polar surface area (TPSA) is 29.0 Å². The molecule has 8 aromatic rings. The standard InChI is InChI=1S/C42H27N3/c1-3-12-26(13-4-1)41-33-18-9-10-20-35(33)43-42(44-41)28-22-23-31-32-19-11-21-36-39(32)40-37(45(36)29-15-5-2-6-16-29)25-27-14-7-8-17-30(27)38(40)34(31)24-28/h1-20,22-25,36H,21H2. The minimum atomic E-state index is 0.267. The lowest BCUT2D eigenvalue weighted by Gasteiger charge is -2.30. The Morgan fingerprint density at radius 3 is 2.20 bits per heavy atom. The summed E-state index contributed by atoms with van der Waals surface area (Å²) in [5.41, 5.74) is 9.34. The smallest absolute Gasteiger partial charge is 0.160 e. The maximum Gasteiger partial charge on any atom is 0.160 e. The highest BCUT2D eigenvalue weighted by molar-refractivity contribution is 6.28. The molecule has 10 rings (SSSR count). The molecule has 1 aliphatic heterocycles. The second-order valence-electron chi connectivity index (χ2n) is 12.1. The van der Waals surface area contributed by atoms with Crippen molar-refractivity contribution in [1.29, 1.82) is 0 Å². The summed E-state index contributed by atoms with van der Waals surface area (Å²) in [6.45, 7) is 0. The molecule has 45 heavy (non-hydrogen) atoms. The molecule has 0 amide bonds. The fourth-order valence-electron chi connectivity index (χ4n) is 7.77. The van der Waals surface area contributed by atoms with Crippen LogP contribution in [0.4, 0.5) is 11.4 Å². The quantitative estimate of drug-likeness (QED) is 0.197. The third kappa shape index (κ3) is 3.52. The second kappa shape index (κ2) is 9.35. The first-order chi connectivity index (χ1) is 22.3. The number of fused-ring (bicyclic) bond motifs is 6. The van der Waals surface area contributed by atoms with Crippen molar-refractivity contribution in [2.24, 2.45) is 0 Å². The summed E-state index contributed by atoms with van der Waals surface area (Å²) in [4.78, 5) is 12.9. The van der Waals surface area contributed by atoms with Gasteiger partial charge in [-0.3, -0.25) is 0 Å². The zero-order chi connectivity index (χ0) is 29.5. The lowest BCUT2D eigenvalue weighted by molar-refractivity contribution is 0.729. The average Bonchev–Trinajstić information content (AvgIpc) is 3.44. The van der Waals surface area contributed by atoms with Gasteiger partial charge in [0.15, 0.2) is 5.82 Å². The molecule has 1 aliphatic carbocycles. The maximum absolute atomic E-state index is 5.22. The van der Waals surface area contributed by atoms with Gasteiger partial charge in [0.2, 0.25) is 0 Å². The summed E-state index contributed by atoms with van der Waals surface area (Å²) in [7, 11) is 0. The Bertz CT molecular complexity index is 2520. The molecular formula is C42H27N3. The van der Waals surface area contributed by atoms with Gasteiger partial charge in [-0.2, -0.15) is 0 Å². The number of anilines is 2. The molecule has 1 unspecified atom stereocenters. The molecule has 0 N–H and O–H groups in total. The fourth-order valence-corrected chi connectivity index (χ4v) is 7.77. The Hall–Kier alpha value is -5.80. The highest BCUT2D eigenvalue weighted by Gasteiger charge is 2.37. The van der Waals surface area contributed by atoms with E-state index in [0.29, 0.717) is 0 Å². The lowest BCUT2D eigenvalue weighted by Crippen LogP contribution is -2.20. The molecule has 0 saturated carbocycles. The average molecular weight is 574 g/mol. The molecule has 1 aromatic heterocycles. The van der Waals surface area contributed by atoms with Crippen molar-refractivity contribution in [3.8, 4) is 22.6 Å². The lowest BCUT2D eigenvalue weighted by atomic mass is 9.84. The molecule has 0 fully saturated rings. The molecule has 3 heteroatoms. The largest absolute Gasteiger partial charge is 0.333 e. The van der Waals surface area contributed by atoms with E-state index in [9.17, 15) is 0 Å². The summed E-state index contributed by atoms with van der Waals surface area (Å²) < 4.78 is 0. The number of benzene rings is 7. The van der Waals surface area contributed by atoms with Gasteiger partial charge < -0.3 is 4.90 Å². The normalized spacial score (nSPS) is 15.1. The molecule has 3 nitrogen and oxygen atoms in total. The molecular weight excluding hydrogens is 546 g/mol. The van der Waals surface area contributed by atoms with Crippen molar-refractivity contribution in [2.45, 2.75) is 12.5 Å². The third-order valence-corrected chi connectivity index (χ3v) is 9.66. The molecule has 210 valence electrons. The van der Waals surface area contributed by atoms with E-state index in [2.05, 4.69) is 144 Å². The van der Waals surface area contributed by atoms with Crippen LogP contribution in [0.2, 0.25) is 0 Å². The highest BCUT2D eigenvalue weighted by Crippen LogP contribution is 2.56. The first kappa shape index (κ1) is 24.6. The van der Waals surface area contributed by atoms with E-state index in [1.165, 1.54) is 54.8 Å². The molecule has 0 bridgehead atoms. The Balaban J connectivity index is 1.31. The van der Waals surface area contributed by atoms with Crippen LogP contribution in [-0.4, -0.2) is 9.97 Å².